The van der Waals surface area contributed by atoms with Crippen LogP contribution in [0.1, 0.15) is 49.8 Å². The molecule has 0 atom stereocenters. The van der Waals surface area contributed by atoms with E-state index in [0.29, 0.717) is 0 Å². The lowest BCUT2D eigenvalue weighted by Gasteiger charge is -2.08. The summed E-state index contributed by atoms with van der Waals surface area (Å²) in [5.74, 6) is 1.04. The number of hydrogen-bond donors (Lipinski definition) is 2. The highest BCUT2D eigenvalue weighted by Crippen LogP contribution is 2.22. The fraction of sp³-hybridized carbons (Fsp3) is 0.429. The number of phenols is 2. The summed E-state index contributed by atoms with van der Waals surface area (Å²) < 4.78 is 0. The molecule has 2 aromatic rings. The second kappa shape index (κ2) is 8.61. The molecule has 0 aliphatic carbocycles. The first-order chi connectivity index (χ1) is 11.0. The van der Waals surface area contributed by atoms with E-state index in [9.17, 15) is 10.2 Å². The van der Waals surface area contributed by atoms with Gasteiger partial charge in [-0.15, -0.1) is 0 Å². The minimum Gasteiger partial charge on any atom is -0.508 e. The molecule has 0 radical (unpaired) electrons. The zero-order valence-electron chi connectivity index (χ0n) is 14.3. The van der Waals surface area contributed by atoms with Crippen molar-refractivity contribution in [2.45, 2.75) is 52.4 Å². The fourth-order valence-electron chi connectivity index (χ4n) is 2.95. The van der Waals surface area contributed by atoms with Gasteiger partial charge in [-0.1, -0.05) is 44.5 Å². The van der Waals surface area contributed by atoms with Crippen molar-refractivity contribution in [1.29, 1.82) is 0 Å². The van der Waals surface area contributed by atoms with Gasteiger partial charge in [0.15, 0.2) is 0 Å². The van der Waals surface area contributed by atoms with Gasteiger partial charge >= 0.3 is 0 Å². The van der Waals surface area contributed by atoms with E-state index in [1.165, 1.54) is 30.0 Å². The van der Waals surface area contributed by atoms with Crippen molar-refractivity contribution < 1.29 is 10.2 Å². The smallest absolute Gasteiger partial charge is 0.119 e. The Morgan fingerprint density at radius 2 is 1.30 bits per heavy atom. The molecule has 2 aromatic carbocycles. The zero-order chi connectivity index (χ0) is 16.7. The predicted octanol–water partition coefficient (Wildman–Crippen LogP) is 5.25. The summed E-state index contributed by atoms with van der Waals surface area (Å²) in [4.78, 5) is 0. The highest BCUT2D eigenvalue weighted by atomic mass is 16.3. The molecule has 124 valence electrons. The van der Waals surface area contributed by atoms with Crippen LogP contribution in [-0.2, 0) is 19.3 Å². The van der Waals surface area contributed by atoms with Crippen molar-refractivity contribution in [2.75, 3.05) is 0 Å². The van der Waals surface area contributed by atoms with E-state index in [-0.39, 0.29) is 11.5 Å². The molecule has 0 amide bonds. The molecule has 0 saturated heterocycles. The van der Waals surface area contributed by atoms with Gasteiger partial charge in [0.1, 0.15) is 11.5 Å². The Morgan fingerprint density at radius 3 is 1.91 bits per heavy atom. The summed E-state index contributed by atoms with van der Waals surface area (Å²) in [7, 11) is 0. The van der Waals surface area contributed by atoms with Crippen LogP contribution in [0.5, 0.6) is 11.5 Å². The maximum Gasteiger partial charge on any atom is 0.119 e. The number of phenolic OH excluding ortho intramolecular Hbond substituents is 2. The number of hydrogen-bond acceptors (Lipinski definition) is 2. The Kier molecular flexibility index (Phi) is 6.52. The first-order valence-electron chi connectivity index (χ1n) is 8.62. The van der Waals surface area contributed by atoms with Gasteiger partial charge in [-0.05, 0) is 66.8 Å². The molecule has 0 unspecified atom stereocenters. The Balaban J connectivity index is 1.83. The quantitative estimate of drug-likeness (QED) is 0.698. The molecule has 2 N–H and O–H groups in total. The lowest BCUT2D eigenvalue weighted by molar-refractivity contribution is 0.449. The minimum atomic E-state index is 0.132. The van der Waals surface area contributed by atoms with Crippen molar-refractivity contribution in [1.82, 2.24) is 0 Å². The van der Waals surface area contributed by atoms with Crippen LogP contribution in [0.2, 0.25) is 0 Å². The van der Waals surface area contributed by atoms with E-state index in [0.717, 1.165) is 37.2 Å². The lowest BCUT2D eigenvalue weighted by Crippen LogP contribution is -1.94. The normalized spacial score (nSPS) is 11.1. The molecule has 0 fully saturated rings. The molecule has 23 heavy (non-hydrogen) atoms. The monoisotopic (exact) mass is 312 g/mol. The minimum absolute atomic E-state index is 0.132. The summed E-state index contributed by atoms with van der Waals surface area (Å²) in [6.07, 6.45) is 6.59. The third kappa shape index (κ3) is 6.35. The van der Waals surface area contributed by atoms with Crippen LogP contribution in [0, 0.1) is 5.92 Å². The molecule has 2 heteroatoms. The van der Waals surface area contributed by atoms with Crippen LogP contribution in [-0.4, -0.2) is 10.2 Å². The Hall–Kier alpha value is -1.96. The number of aryl methyl sites for hydroxylation is 3. The molecule has 0 aliphatic rings. The number of rotatable bonds is 8. The van der Waals surface area contributed by atoms with E-state index >= 15 is 0 Å². The maximum absolute atomic E-state index is 9.51. The van der Waals surface area contributed by atoms with E-state index in [1.54, 1.807) is 12.1 Å². The maximum atomic E-state index is 9.51. The molecule has 0 saturated carbocycles. The summed E-state index contributed by atoms with van der Waals surface area (Å²) >= 11 is 0. The highest BCUT2D eigenvalue weighted by molar-refractivity contribution is 5.36. The zero-order valence-corrected chi connectivity index (χ0v) is 14.3. The predicted molar refractivity (Wildman–Crippen MR) is 96.0 cm³/mol. The summed E-state index contributed by atoms with van der Waals surface area (Å²) in [5, 5.41) is 19.0. The van der Waals surface area contributed by atoms with Gasteiger partial charge in [0.2, 0.25) is 0 Å². The molecule has 0 aromatic heterocycles. The standard InChI is InChI=1S/C21H28O2/c1-16(2)6-3-7-17-8-4-9-18(12-17)10-5-11-19-13-20(22)15-21(23)14-19/h4,8-9,12-16,22-23H,3,5-7,10-11H2,1-2H3. The van der Waals surface area contributed by atoms with E-state index in [2.05, 4.69) is 38.1 Å². The molecule has 2 nitrogen and oxygen atoms in total. The molecule has 0 spiro atoms. The molecule has 0 heterocycles. The van der Waals surface area contributed by atoms with Crippen molar-refractivity contribution in [3.63, 3.8) is 0 Å². The first kappa shape index (κ1) is 17.4. The van der Waals surface area contributed by atoms with Crippen LogP contribution in [0.3, 0.4) is 0 Å². The fourth-order valence-corrected chi connectivity index (χ4v) is 2.95. The SMILES string of the molecule is CC(C)CCCc1cccc(CCCc2cc(O)cc(O)c2)c1. The van der Waals surface area contributed by atoms with E-state index in [1.807, 2.05) is 0 Å². The third-order valence-corrected chi connectivity index (χ3v) is 4.13. The molecular formula is C21H28O2. The summed E-state index contributed by atoms with van der Waals surface area (Å²) in [5.41, 5.74) is 3.78. The van der Waals surface area contributed by atoms with Crippen molar-refractivity contribution in [2.24, 2.45) is 5.92 Å². The average Bonchev–Trinajstić information content (AvgIpc) is 2.46. The van der Waals surface area contributed by atoms with Gasteiger partial charge < -0.3 is 10.2 Å². The van der Waals surface area contributed by atoms with Gasteiger partial charge in [-0.2, -0.15) is 0 Å². The molecule has 2 rings (SSSR count). The molecule has 0 bridgehead atoms. The number of aromatic hydroxyl groups is 2. The second-order valence-electron chi connectivity index (χ2n) is 6.82. The summed E-state index contributed by atoms with van der Waals surface area (Å²) in [6.45, 7) is 4.55. The van der Waals surface area contributed by atoms with Crippen molar-refractivity contribution >= 4 is 0 Å². The Morgan fingerprint density at radius 1 is 0.739 bits per heavy atom. The largest absolute Gasteiger partial charge is 0.508 e. The van der Waals surface area contributed by atoms with Crippen LogP contribution < -0.4 is 0 Å². The second-order valence-corrected chi connectivity index (χ2v) is 6.82. The van der Waals surface area contributed by atoms with Crippen molar-refractivity contribution in [3.8, 4) is 11.5 Å². The van der Waals surface area contributed by atoms with Crippen LogP contribution in [0.4, 0.5) is 0 Å². The Labute approximate surface area is 139 Å². The number of benzene rings is 2. The first-order valence-corrected chi connectivity index (χ1v) is 8.62. The summed E-state index contributed by atoms with van der Waals surface area (Å²) in [6, 6.07) is 13.7. The highest BCUT2D eigenvalue weighted by Gasteiger charge is 2.02. The van der Waals surface area contributed by atoms with Crippen LogP contribution in [0.25, 0.3) is 0 Å². The van der Waals surface area contributed by atoms with Gasteiger partial charge in [0.25, 0.3) is 0 Å². The van der Waals surface area contributed by atoms with Gasteiger partial charge in [0.05, 0.1) is 0 Å². The molecule has 0 aliphatic heterocycles. The van der Waals surface area contributed by atoms with E-state index < -0.39 is 0 Å². The topological polar surface area (TPSA) is 40.5 Å². The van der Waals surface area contributed by atoms with Crippen LogP contribution in [0.15, 0.2) is 42.5 Å². The Bertz CT molecular complexity index is 597. The average molecular weight is 312 g/mol. The van der Waals surface area contributed by atoms with E-state index in [4.69, 9.17) is 0 Å². The third-order valence-electron chi connectivity index (χ3n) is 4.13. The van der Waals surface area contributed by atoms with Crippen molar-refractivity contribution in [3.05, 3.63) is 59.2 Å². The van der Waals surface area contributed by atoms with Gasteiger partial charge in [-0.3, -0.25) is 0 Å². The lowest BCUT2D eigenvalue weighted by atomic mass is 9.98. The molecular weight excluding hydrogens is 284 g/mol. The van der Waals surface area contributed by atoms with Crippen LogP contribution >= 0.6 is 0 Å². The van der Waals surface area contributed by atoms with Gasteiger partial charge in [0, 0.05) is 6.07 Å². The van der Waals surface area contributed by atoms with Gasteiger partial charge in [-0.25, -0.2) is 0 Å².